The predicted octanol–water partition coefficient (Wildman–Crippen LogP) is 3.99. The lowest BCUT2D eigenvalue weighted by Crippen LogP contribution is -2.49. The summed E-state index contributed by atoms with van der Waals surface area (Å²) in [7, 11) is 1.70. The third-order valence-electron chi connectivity index (χ3n) is 5.88. The van der Waals surface area contributed by atoms with Crippen molar-refractivity contribution in [2.24, 2.45) is 0 Å². The maximum absolute atomic E-state index is 13.0. The van der Waals surface area contributed by atoms with Gasteiger partial charge in [-0.2, -0.15) is 0 Å². The molecule has 6 heteroatoms. The Labute approximate surface area is 156 Å². The van der Waals surface area contributed by atoms with E-state index in [-0.39, 0.29) is 24.3 Å². The van der Waals surface area contributed by atoms with Crippen LogP contribution in [-0.2, 0) is 4.79 Å². The zero-order chi connectivity index (χ0) is 18.5. The Bertz CT molecular complexity index is 911. The summed E-state index contributed by atoms with van der Waals surface area (Å²) in [5.41, 5.74) is 0.195. The van der Waals surface area contributed by atoms with Crippen molar-refractivity contribution in [1.29, 1.82) is 0 Å². The quantitative estimate of drug-likeness (QED) is 0.606. The summed E-state index contributed by atoms with van der Waals surface area (Å²) in [5, 5.41) is 1.06. The largest absolute Gasteiger partial charge is 0.327 e. The number of amides is 3. The minimum Gasteiger partial charge on any atom is -0.313 e. The van der Waals surface area contributed by atoms with E-state index in [0.717, 1.165) is 39.8 Å². The second kappa shape index (κ2) is 6.20. The number of rotatable bonds is 3. The summed E-state index contributed by atoms with van der Waals surface area (Å²) in [4.78, 5) is 42.0. The van der Waals surface area contributed by atoms with Crippen molar-refractivity contribution in [3.8, 4) is 0 Å². The van der Waals surface area contributed by atoms with Crippen LogP contribution in [0.2, 0.25) is 0 Å². The Morgan fingerprint density at radius 3 is 2.54 bits per heavy atom. The minimum absolute atomic E-state index is 0.161. The van der Waals surface area contributed by atoms with Crippen molar-refractivity contribution in [3.63, 3.8) is 0 Å². The number of Topliss-reactive ketones (excluding diaryl/α,β-unsaturated/α-hetero) is 1. The number of ketones is 1. The van der Waals surface area contributed by atoms with Crippen molar-refractivity contribution >= 4 is 39.1 Å². The molecule has 1 aromatic heterocycles. The zero-order valence-electron chi connectivity index (χ0n) is 15.1. The van der Waals surface area contributed by atoms with Crippen LogP contribution in [0.15, 0.2) is 24.3 Å². The first-order valence-corrected chi connectivity index (χ1v) is 9.88. The summed E-state index contributed by atoms with van der Waals surface area (Å²) < 4.78 is 1.05. The number of aryl methyl sites for hydroxylation is 1. The SMILES string of the molecule is Cc1c(C(=O)CN2C(=O)N(C)C3(CCCCC3)C2=O)sc2ccccc12. The molecule has 2 aliphatic rings. The highest BCUT2D eigenvalue weighted by Gasteiger charge is 2.55. The first-order chi connectivity index (χ1) is 12.5. The fraction of sp³-hybridized carbons (Fsp3) is 0.450. The average Bonchev–Trinajstić information content (AvgIpc) is 3.08. The van der Waals surface area contributed by atoms with E-state index in [1.807, 2.05) is 31.2 Å². The summed E-state index contributed by atoms with van der Waals surface area (Å²) >= 11 is 1.43. The number of urea groups is 1. The van der Waals surface area contributed by atoms with Crippen molar-refractivity contribution in [2.75, 3.05) is 13.6 Å². The molecule has 5 nitrogen and oxygen atoms in total. The van der Waals surface area contributed by atoms with E-state index in [9.17, 15) is 14.4 Å². The molecule has 1 saturated carbocycles. The van der Waals surface area contributed by atoms with Gasteiger partial charge in [0.15, 0.2) is 5.78 Å². The first-order valence-electron chi connectivity index (χ1n) is 9.07. The molecule has 0 N–H and O–H groups in total. The van der Waals surface area contributed by atoms with E-state index >= 15 is 0 Å². The van der Waals surface area contributed by atoms with Crippen molar-refractivity contribution in [3.05, 3.63) is 34.7 Å². The lowest BCUT2D eigenvalue weighted by molar-refractivity contribution is -0.134. The van der Waals surface area contributed by atoms with Crippen LogP contribution in [0.5, 0.6) is 0 Å². The Morgan fingerprint density at radius 2 is 1.85 bits per heavy atom. The molecule has 1 saturated heterocycles. The van der Waals surface area contributed by atoms with Gasteiger partial charge in [-0.25, -0.2) is 4.79 Å². The van der Waals surface area contributed by atoms with Crippen LogP contribution in [-0.4, -0.2) is 46.7 Å². The fourth-order valence-electron chi connectivity index (χ4n) is 4.33. The number of benzene rings is 1. The lowest BCUT2D eigenvalue weighted by atomic mass is 9.81. The van der Waals surface area contributed by atoms with E-state index in [1.54, 1.807) is 11.9 Å². The number of hydrogen-bond donors (Lipinski definition) is 0. The van der Waals surface area contributed by atoms with Gasteiger partial charge in [0.05, 0.1) is 11.4 Å². The zero-order valence-corrected chi connectivity index (χ0v) is 15.9. The molecule has 1 spiro atoms. The Kier molecular flexibility index (Phi) is 4.10. The van der Waals surface area contributed by atoms with Crippen LogP contribution in [0.25, 0.3) is 10.1 Å². The molecule has 1 aromatic carbocycles. The Hall–Kier alpha value is -2.21. The number of imide groups is 1. The minimum atomic E-state index is -0.731. The number of carbonyl (C=O) groups excluding carboxylic acids is 3. The van der Waals surface area contributed by atoms with Crippen molar-refractivity contribution < 1.29 is 14.4 Å². The number of hydrogen-bond acceptors (Lipinski definition) is 4. The van der Waals surface area contributed by atoms with Gasteiger partial charge >= 0.3 is 6.03 Å². The average molecular weight is 370 g/mol. The lowest BCUT2D eigenvalue weighted by Gasteiger charge is -2.35. The molecule has 1 aliphatic carbocycles. The van der Waals surface area contributed by atoms with Crippen molar-refractivity contribution in [2.45, 2.75) is 44.6 Å². The Balaban J connectivity index is 1.62. The molecule has 0 bridgehead atoms. The molecule has 3 amide bonds. The van der Waals surface area contributed by atoms with Crippen LogP contribution in [0.4, 0.5) is 4.79 Å². The highest BCUT2D eigenvalue weighted by molar-refractivity contribution is 7.21. The molecule has 0 atom stereocenters. The van der Waals surface area contributed by atoms with Gasteiger partial charge in [0.1, 0.15) is 5.54 Å². The molecule has 0 radical (unpaired) electrons. The standard InChI is InChI=1S/C20H22N2O3S/c1-13-14-8-4-5-9-16(14)26-17(13)15(23)12-22-18(24)20(21(2)19(22)25)10-6-3-7-11-20/h4-5,8-9H,3,6-7,10-12H2,1-2H3. The van der Waals surface area contributed by atoms with Gasteiger partial charge in [-0.15, -0.1) is 11.3 Å². The highest BCUT2D eigenvalue weighted by atomic mass is 32.1. The van der Waals surface area contributed by atoms with E-state index in [4.69, 9.17) is 0 Å². The second-order valence-electron chi connectivity index (χ2n) is 7.30. The molecule has 2 heterocycles. The number of likely N-dealkylation sites (N-methyl/N-ethyl adjacent to an activating group) is 1. The second-order valence-corrected chi connectivity index (χ2v) is 8.35. The van der Waals surface area contributed by atoms with E-state index < -0.39 is 5.54 Å². The molecule has 0 unspecified atom stereocenters. The number of carbonyl (C=O) groups is 3. The molecule has 2 aromatic rings. The summed E-state index contributed by atoms with van der Waals surface area (Å²) in [6, 6.07) is 7.53. The van der Waals surface area contributed by atoms with E-state index in [0.29, 0.717) is 17.7 Å². The van der Waals surface area contributed by atoms with E-state index in [2.05, 4.69) is 0 Å². The predicted molar refractivity (Wildman–Crippen MR) is 102 cm³/mol. The van der Waals surface area contributed by atoms with Crippen LogP contribution in [0, 0.1) is 6.92 Å². The molecule has 2 fully saturated rings. The van der Waals surface area contributed by atoms with Crippen LogP contribution in [0.1, 0.15) is 47.3 Å². The monoisotopic (exact) mass is 370 g/mol. The number of thiophene rings is 1. The molecular formula is C20H22N2O3S. The smallest absolute Gasteiger partial charge is 0.313 e. The van der Waals surface area contributed by atoms with Crippen LogP contribution >= 0.6 is 11.3 Å². The molecule has 136 valence electrons. The maximum atomic E-state index is 13.0. The van der Waals surface area contributed by atoms with Gasteiger partial charge in [-0.1, -0.05) is 37.5 Å². The fourth-order valence-corrected chi connectivity index (χ4v) is 5.47. The highest BCUT2D eigenvalue weighted by Crippen LogP contribution is 2.39. The Morgan fingerprint density at radius 1 is 1.15 bits per heavy atom. The van der Waals surface area contributed by atoms with Gasteiger partial charge in [-0.05, 0) is 36.8 Å². The summed E-state index contributed by atoms with van der Waals surface area (Å²) in [6.07, 6.45) is 4.37. The van der Waals surface area contributed by atoms with Gasteiger partial charge in [0.2, 0.25) is 0 Å². The molecule has 26 heavy (non-hydrogen) atoms. The topological polar surface area (TPSA) is 57.7 Å². The van der Waals surface area contributed by atoms with Crippen LogP contribution in [0.3, 0.4) is 0 Å². The van der Waals surface area contributed by atoms with Crippen molar-refractivity contribution in [1.82, 2.24) is 9.80 Å². The third-order valence-corrected chi connectivity index (χ3v) is 7.20. The van der Waals surface area contributed by atoms with Gasteiger partial charge < -0.3 is 4.90 Å². The molecule has 4 rings (SSSR count). The van der Waals surface area contributed by atoms with E-state index in [1.165, 1.54) is 11.3 Å². The van der Waals surface area contributed by atoms with Crippen LogP contribution < -0.4 is 0 Å². The normalized spacial score (nSPS) is 19.8. The maximum Gasteiger partial charge on any atom is 0.327 e. The number of nitrogens with zero attached hydrogens (tertiary/aromatic N) is 2. The summed E-state index contributed by atoms with van der Waals surface area (Å²) in [6.45, 7) is 1.76. The van der Waals surface area contributed by atoms with Gasteiger partial charge in [-0.3, -0.25) is 14.5 Å². The van der Waals surface area contributed by atoms with Gasteiger partial charge in [0, 0.05) is 11.7 Å². The first kappa shape index (κ1) is 17.2. The molecular weight excluding hydrogens is 348 g/mol. The van der Waals surface area contributed by atoms with Gasteiger partial charge in [0.25, 0.3) is 5.91 Å². The third kappa shape index (κ3) is 2.39. The summed E-state index contributed by atoms with van der Waals surface area (Å²) in [5.74, 6) is -0.358. The number of fused-ring (bicyclic) bond motifs is 1. The molecule has 1 aliphatic heterocycles.